The van der Waals surface area contributed by atoms with Crippen LogP contribution in [0.5, 0.6) is 0 Å². The van der Waals surface area contributed by atoms with Crippen molar-refractivity contribution in [2.75, 3.05) is 13.6 Å². The summed E-state index contributed by atoms with van der Waals surface area (Å²) in [6.07, 6.45) is 3.29. The molecule has 0 spiro atoms. The zero-order valence-electron chi connectivity index (χ0n) is 13.6. The van der Waals surface area contributed by atoms with Gasteiger partial charge in [-0.2, -0.15) is 0 Å². The topological polar surface area (TPSA) is 65.5 Å². The molecule has 0 atom stereocenters. The maximum Gasteiger partial charge on any atom is 0.220 e. The molecule has 1 aliphatic rings. The quantitative estimate of drug-likeness (QED) is 0.258. The van der Waals surface area contributed by atoms with Gasteiger partial charge in [-0.3, -0.25) is 9.79 Å². The minimum absolute atomic E-state index is 0. The Hall–Kier alpha value is -1.45. The predicted molar refractivity (Wildman–Crippen MR) is 100 cm³/mol. The average Bonchev–Trinajstić information content (AvgIpc) is 3.33. The highest BCUT2D eigenvalue weighted by Crippen LogP contribution is 2.18. The summed E-state index contributed by atoms with van der Waals surface area (Å²) >= 11 is 0. The van der Waals surface area contributed by atoms with Gasteiger partial charge in [0.1, 0.15) is 11.6 Å². The minimum atomic E-state index is -0.479. The van der Waals surface area contributed by atoms with Crippen molar-refractivity contribution in [3.63, 3.8) is 0 Å². The van der Waals surface area contributed by atoms with Crippen molar-refractivity contribution in [3.8, 4) is 0 Å². The molecule has 0 aromatic heterocycles. The Balaban J connectivity index is 0.00000288. The first kappa shape index (κ1) is 20.6. The fraction of sp³-hybridized carbons (Fsp3) is 0.500. The van der Waals surface area contributed by atoms with Crippen LogP contribution >= 0.6 is 24.0 Å². The van der Waals surface area contributed by atoms with Crippen LogP contribution in [0.3, 0.4) is 0 Å². The van der Waals surface area contributed by atoms with Gasteiger partial charge in [0, 0.05) is 38.2 Å². The molecule has 1 amide bonds. The van der Waals surface area contributed by atoms with Crippen LogP contribution in [0, 0.1) is 11.6 Å². The van der Waals surface area contributed by atoms with Gasteiger partial charge in [0.05, 0.1) is 0 Å². The van der Waals surface area contributed by atoms with Gasteiger partial charge in [-0.05, 0) is 37.5 Å². The minimum Gasteiger partial charge on any atom is -0.356 e. The van der Waals surface area contributed by atoms with E-state index in [4.69, 9.17) is 0 Å². The van der Waals surface area contributed by atoms with Crippen molar-refractivity contribution in [2.24, 2.45) is 4.99 Å². The smallest absolute Gasteiger partial charge is 0.220 e. The SMILES string of the molecule is CN=C(NCCCC(=O)NC1CC1)NCc1cc(F)ccc1F.I. The molecule has 2 rings (SSSR count). The Morgan fingerprint density at radius 2 is 2.04 bits per heavy atom. The van der Waals surface area contributed by atoms with Gasteiger partial charge in [0.25, 0.3) is 0 Å². The highest BCUT2D eigenvalue weighted by Gasteiger charge is 2.22. The van der Waals surface area contributed by atoms with Crippen molar-refractivity contribution < 1.29 is 13.6 Å². The Kier molecular flexibility index (Phi) is 8.94. The van der Waals surface area contributed by atoms with E-state index in [0.29, 0.717) is 31.4 Å². The molecular formula is C16H23F2IN4O. The molecule has 1 aromatic rings. The Morgan fingerprint density at radius 1 is 1.29 bits per heavy atom. The van der Waals surface area contributed by atoms with Crippen molar-refractivity contribution in [1.82, 2.24) is 16.0 Å². The second-order valence-corrected chi connectivity index (χ2v) is 5.53. The van der Waals surface area contributed by atoms with E-state index in [0.717, 1.165) is 31.0 Å². The first-order valence-corrected chi connectivity index (χ1v) is 7.76. The summed E-state index contributed by atoms with van der Waals surface area (Å²) in [5.74, 6) is -0.394. The third-order valence-corrected chi connectivity index (χ3v) is 3.49. The molecule has 1 aliphatic carbocycles. The number of hydrogen-bond donors (Lipinski definition) is 3. The lowest BCUT2D eigenvalue weighted by molar-refractivity contribution is -0.121. The number of halogens is 3. The van der Waals surface area contributed by atoms with Crippen LogP contribution < -0.4 is 16.0 Å². The van der Waals surface area contributed by atoms with Crippen LogP contribution in [0.1, 0.15) is 31.2 Å². The van der Waals surface area contributed by atoms with Crippen molar-refractivity contribution in [3.05, 3.63) is 35.4 Å². The van der Waals surface area contributed by atoms with Crippen molar-refractivity contribution >= 4 is 35.8 Å². The average molecular weight is 452 g/mol. The molecule has 1 aromatic carbocycles. The summed E-state index contributed by atoms with van der Waals surface area (Å²) in [4.78, 5) is 15.5. The molecule has 1 fully saturated rings. The van der Waals surface area contributed by atoms with Crippen LogP contribution in [0.25, 0.3) is 0 Å². The Labute approximate surface area is 157 Å². The molecule has 0 bridgehead atoms. The molecule has 3 N–H and O–H groups in total. The Morgan fingerprint density at radius 3 is 2.71 bits per heavy atom. The normalized spacial score (nSPS) is 13.9. The van der Waals surface area contributed by atoms with E-state index in [2.05, 4.69) is 20.9 Å². The number of rotatable bonds is 7. The number of amides is 1. The number of nitrogens with zero attached hydrogens (tertiary/aromatic N) is 1. The van der Waals surface area contributed by atoms with Crippen LogP contribution in [-0.4, -0.2) is 31.5 Å². The maximum absolute atomic E-state index is 13.5. The molecule has 1 saturated carbocycles. The number of hydrogen-bond acceptors (Lipinski definition) is 2. The van der Waals surface area contributed by atoms with Crippen molar-refractivity contribution in [1.29, 1.82) is 0 Å². The number of carbonyl (C=O) groups is 1. The lowest BCUT2D eigenvalue weighted by atomic mass is 10.2. The summed E-state index contributed by atoms with van der Waals surface area (Å²) in [6, 6.07) is 3.71. The van der Waals surface area contributed by atoms with E-state index >= 15 is 0 Å². The second kappa shape index (κ2) is 10.4. The molecule has 0 radical (unpaired) electrons. The van der Waals surface area contributed by atoms with Gasteiger partial charge in [-0.15, -0.1) is 24.0 Å². The first-order valence-electron chi connectivity index (χ1n) is 7.76. The van der Waals surface area contributed by atoms with Crippen LogP contribution in [-0.2, 0) is 11.3 Å². The summed E-state index contributed by atoms with van der Waals surface area (Å²) in [5.41, 5.74) is 0.233. The van der Waals surface area contributed by atoms with E-state index in [9.17, 15) is 13.6 Å². The summed E-state index contributed by atoms with van der Waals surface area (Å²) in [5, 5.41) is 8.88. The monoisotopic (exact) mass is 452 g/mol. The van der Waals surface area contributed by atoms with Crippen LogP contribution in [0.15, 0.2) is 23.2 Å². The third-order valence-electron chi connectivity index (χ3n) is 3.49. The second-order valence-electron chi connectivity index (χ2n) is 5.53. The summed E-state index contributed by atoms with van der Waals surface area (Å²) in [6.45, 7) is 0.703. The van der Waals surface area contributed by atoms with Gasteiger partial charge in [-0.1, -0.05) is 0 Å². The van der Waals surface area contributed by atoms with E-state index in [1.807, 2.05) is 0 Å². The highest BCUT2D eigenvalue weighted by molar-refractivity contribution is 14.0. The molecule has 0 saturated heterocycles. The number of benzene rings is 1. The third kappa shape index (κ3) is 7.41. The molecule has 5 nitrogen and oxygen atoms in total. The van der Waals surface area contributed by atoms with Crippen LogP contribution in [0.2, 0.25) is 0 Å². The predicted octanol–water partition coefficient (Wildman–Crippen LogP) is 2.31. The van der Waals surface area contributed by atoms with Gasteiger partial charge < -0.3 is 16.0 Å². The maximum atomic E-state index is 13.5. The summed E-state index contributed by atoms with van der Waals surface area (Å²) < 4.78 is 26.6. The van der Waals surface area contributed by atoms with E-state index in [1.165, 1.54) is 0 Å². The van der Waals surface area contributed by atoms with E-state index in [-0.39, 0.29) is 42.0 Å². The largest absolute Gasteiger partial charge is 0.356 e. The number of aliphatic imine (C=N–C) groups is 1. The van der Waals surface area contributed by atoms with E-state index in [1.54, 1.807) is 7.05 Å². The number of carbonyl (C=O) groups excluding carboxylic acids is 1. The van der Waals surface area contributed by atoms with Crippen LogP contribution in [0.4, 0.5) is 8.78 Å². The number of nitrogens with one attached hydrogen (secondary N) is 3. The zero-order valence-corrected chi connectivity index (χ0v) is 15.9. The standard InChI is InChI=1S/C16H22F2N4O.HI/c1-19-16(20-8-2-3-15(23)22-13-5-6-13)21-10-11-9-12(17)4-7-14(11)18;/h4,7,9,13H,2-3,5-6,8,10H2,1H3,(H,22,23)(H2,19,20,21);1H. The lowest BCUT2D eigenvalue weighted by Gasteiger charge is -2.12. The molecule has 0 aliphatic heterocycles. The van der Waals surface area contributed by atoms with Gasteiger partial charge in [-0.25, -0.2) is 8.78 Å². The van der Waals surface area contributed by atoms with E-state index < -0.39 is 11.6 Å². The fourth-order valence-corrected chi connectivity index (χ4v) is 2.06. The molecule has 0 unspecified atom stereocenters. The summed E-state index contributed by atoms with van der Waals surface area (Å²) in [7, 11) is 1.59. The molecule has 134 valence electrons. The number of guanidine groups is 1. The fourth-order valence-electron chi connectivity index (χ4n) is 2.06. The van der Waals surface area contributed by atoms with Gasteiger partial charge in [0.2, 0.25) is 5.91 Å². The molecule has 8 heteroatoms. The highest BCUT2D eigenvalue weighted by atomic mass is 127. The first-order chi connectivity index (χ1) is 11.1. The molecule has 24 heavy (non-hydrogen) atoms. The lowest BCUT2D eigenvalue weighted by Crippen LogP contribution is -2.38. The van der Waals surface area contributed by atoms with Gasteiger partial charge in [0.15, 0.2) is 5.96 Å². The Bertz CT molecular complexity index is 579. The van der Waals surface area contributed by atoms with Gasteiger partial charge >= 0.3 is 0 Å². The van der Waals surface area contributed by atoms with Crippen molar-refractivity contribution in [2.45, 2.75) is 38.3 Å². The molecule has 0 heterocycles. The molecular weight excluding hydrogens is 429 g/mol. The zero-order chi connectivity index (χ0) is 16.7.